The van der Waals surface area contributed by atoms with Crippen molar-refractivity contribution in [3.63, 3.8) is 0 Å². The van der Waals surface area contributed by atoms with E-state index in [4.69, 9.17) is 16.3 Å². The van der Waals surface area contributed by atoms with Gasteiger partial charge in [0.2, 0.25) is 0 Å². The number of fused-ring (bicyclic) bond motifs is 1. The van der Waals surface area contributed by atoms with Crippen LogP contribution < -0.4 is 10.1 Å². The number of hydrogen-bond acceptors (Lipinski definition) is 4. The molecule has 0 fully saturated rings. The number of carbonyl (C=O) groups excluding carboxylic acids is 1. The number of anilines is 1. The predicted molar refractivity (Wildman–Crippen MR) is 90.3 cm³/mol. The van der Waals surface area contributed by atoms with Crippen molar-refractivity contribution in [1.29, 1.82) is 0 Å². The van der Waals surface area contributed by atoms with Gasteiger partial charge in [-0.2, -0.15) is 0 Å². The van der Waals surface area contributed by atoms with E-state index in [1.54, 1.807) is 25.3 Å². The SMILES string of the molecule is COc1ccc(C)cc1C(=O)Nc1nc2ccc(Cl)cc2s1. The van der Waals surface area contributed by atoms with Crippen molar-refractivity contribution in [2.24, 2.45) is 0 Å². The summed E-state index contributed by atoms with van der Waals surface area (Å²) < 4.78 is 6.17. The second-order valence-electron chi connectivity index (χ2n) is 4.79. The summed E-state index contributed by atoms with van der Waals surface area (Å²) in [5.41, 5.74) is 2.28. The molecular weight excluding hydrogens is 320 g/mol. The van der Waals surface area contributed by atoms with Crippen LogP contribution in [0.25, 0.3) is 10.2 Å². The van der Waals surface area contributed by atoms with E-state index in [1.807, 2.05) is 25.1 Å². The van der Waals surface area contributed by atoms with Gasteiger partial charge < -0.3 is 4.74 Å². The highest BCUT2D eigenvalue weighted by atomic mass is 35.5. The van der Waals surface area contributed by atoms with Gasteiger partial charge in [-0.1, -0.05) is 34.6 Å². The number of ether oxygens (including phenoxy) is 1. The van der Waals surface area contributed by atoms with Crippen LogP contribution in [0.2, 0.25) is 5.02 Å². The summed E-state index contributed by atoms with van der Waals surface area (Å²) in [7, 11) is 1.54. The van der Waals surface area contributed by atoms with Crippen molar-refractivity contribution in [2.75, 3.05) is 12.4 Å². The minimum Gasteiger partial charge on any atom is -0.496 e. The zero-order chi connectivity index (χ0) is 15.7. The third-order valence-corrected chi connectivity index (χ3v) is 4.34. The van der Waals surface area contributed by atoms with E-state index in [0.29, 0.717) is 21.5 Å². The fourth-order valence-corrected chi connectivity index (χ4v) is 3.25. The molecule has 1 heterocycles. The summed E-state index contributed by atoms with van der Waals surface area (Å²) in [6.07, 6.45) is 0. The third-order valence-electron chi connectivity index (χ3n) is 3.17. The summed E-state index contributed by atoms with van der Waals surface area (Å²) in [6.45, 7) is 1.93. The summed E-state index contributed by atoms with van der Waals surface area (Å²) >= 11 is 7.35. The molecule has 22 heavy (non-hydrogen) atoms. The Hall–Kier alpha value is -2.11. The van der Waals surface area contributed by atoms with Gasteiger partial charge in [0, 0.05) is 5.02 Å². The second kappa shape index (κ2) is 5.94. The molecule has 0 aliphatic rings. The quantitative estimate of drug-likeness (QED) is 0.767. The highest BCUT2D eigenvalue weighted by molar-refractivity contribution is 7.22. The van der Waals surface area contributed by atoms with Crippen LogP contribution in [0.3, 0.4) is 0 Å². The maximum Gasteiger partial charge on any atom is 0.261 e. The average molecular weight is 333 g/mol. The molecule has 4 nitrogen and oxygen atoms in total. The molecule has 6 heteroatoms. The first kappa shape index (κ1) is 14.8. The first-order valence-corrected chi connectivity index (χ1v) is 7.78. The van der Waals surface area contributed by atoms with Gasteiger partial charge in [-0.05, 0) is 37.3 Å². The first-order chi connectivity index (χ1) is 10.6. The fourth-order valence-electron chi connectivity index (χ4n) is 2.12. The van der Waals surface area contributed by atoms with Crippen LogP contribution in [-0.2, 0) is 0 Å². The molecule has 3 rings (SSSR count). The maximum absolute atomic E-state index is 12.4. The number of amides is 1. The van der Waals surface area contributed by atoms with Crippen LogP contribution in [0.1, 0.15) is 15.9 Å². The van der Waals surface area contributed by atoms with Gasteiger partial charge in [-0.25, -0.2) is 4.98 Å². The molecule has 0 spiro atoms. The standard InChI is InChI=1S/C16H13ClN2O2S/c1-9-3-6-13(21-2)11(7-9)15(20)19-16-18-12-5-4-10(17)8-14(12)22-16/h3-8H,1-2H3,(H,18,19,20). The molecule has 0 atom stereocenters. The zero-order valence-electron chi connectivity index (χ0n) is 12.0. The molecule has 0 bridgehead atoms. The van der Waals surface area contributed by atoms with Gasteiger partial charge in [0.15, 0.2) is 5.13 Å². The number of benzene rings is 2. The highest BCUT2D eigenvalue weighted by Crippen LogP contribution is 2.29. The van der Waals surface area contributed by atoms with Gasteiger partial charge in [0.05, 0.1) is 22.9 Å². The maximum atomic E-state index is 12.4. The van der Waals surface area contributed by atoms with E-state index >= 15 is 0 Å². The smallest absolute Gasteiger partial charge is 0.261 e. The zero-order valence-corrected chi connectivity index (χ0v) is 13.6. The average Bonchev–Trinajstić information content (AvgIpc) is 2.88. The lowest BCUT2D eigenvalue weighted by molar-refractivity contribution is 0.102. The van der Waals surface area contributed by atoms with Crippen molar-refractivity contribution in [2.45, 2.75) is 6.92 Å². The topological polar surface area (TPSA) is 51.2 Å². The van der Waals surface area contributed by atoms with Gasteiger partial charge in [-0.15, -0.1) is 0 Å². The number of halogens is 1. The lowest BCUT2D eigenvalue weighted by Gasteiger charge is -2.08. The number of rotatable bonds is 3. The van der Waals surface area contributed by atoms with Crippen molar-refractivity contribution >= 4 is 44.2 Å². The largest absolute Gasteiger partial charge is 0.496 e. The lowest BCUT2D eigenvalue weighted by atomic mass is 10.1. The Labute approximate surface area is 136 Å². The monoisotopic (exact) mass is 332 g/mol. The van der Waals surface area contributed by atoms with Crippen LogP contribution in [0.4, 0.5) is 5.13 Å². The molecule has 0 aliphatic heterocycles. The van der Waals surface area contributed by atoms with Gasteiger partial charge in [0.1, 0.15) is 5.75 Å². The minimum absolute atomic E-state index is 0.245. The van der Waals surface area contributed by atoms with E-state index in [-0.39, 0.29) is 5.91 Å². The lowest BCUT2D eigenvalue weighted by Crippen LogP contribution is -2.13. The van der Waals surface area contributed by atoms with Crippen molar-refractivity contribution in [1.82, 2.24) is 4.98 Å². The van der Waals surface area contributed by atoms with Crippen molar-refractivity contribution in [3.8, 4) is 5.75 Å². The van der Waals surface area contributed by atoms with Gasteiger partial charge in [-0.3, -0.25) is 10.1 Å². The molecule has 112 valence electrons. The molecule has 1 amide bonds. The van der Waals surface area contributed by atoms with E-state index in [1.165, 1.54) is 11.3 Å². The van der Waals surface area contributed by atoms with Crippen LogP contribution in [-0.4, -0.2) is 18.0 Å². The second-order valence-corrected chi connectivity index (χ2v) is 6.26. The summed E-state index contributed by atoms with van der Waals surface area (Å²) in [5.74, 6) is 0.290. The molecule has 1 aromatic heterocycles. The van der Waals surface area contributed by atoms with Crippen LogP contribution in [0.5, 0.6) is 5.75 Å². The minimum atomic E-state index is -0.245. The van der Waals surface area contributed by atoms with E-state index < -0.39 is 0 Å². The Morgan fingerprint density at radius 2 is 2.09 bits per heavy atom. The number of hydrogen-bond donors (Lipinski definition) is 1. The fraction of sp³-hybridized carbons (Fsp3) is 0.125. The number of thiazole rings is 1. The number of nitrogens with zero attached hydrogens (tertiary/aromatic N) is 1. The Bertz CT molecular complexity index is 860. The van der Waals surface area contributed by atoms with Crippen LogP contribution in [0.15, 0.2) is 36.4 Å². The highest BCUT2D eigenvalue weighted by Gasteiger charge is 2.14. The van der Waals surface area contributed by atoms with E-state index in [0.717, 1.165) is 15.8 Å². The van der Waals surface area contributed by atoms with Gasteiger partial charge >= 0.3 is 0 Å². The van der Waals surface area contributed by atoms with Crippen LogP contribution >= 0.6 is 22.9 Å². The van der Waals surface area contributed by atoms with Gasteiger partial charge in [0.25, 0.3) is 5.91 Å². The Morgan fingerprint density at radius 3 is 2.86 bits per heavy atom. The van der Waals surface area contributed by atoms with Crippen molar-refractivity contribution < 1.29 is 9.53 Å². The number of aryl methyl sites for hydroxylation is 1. The summed E-state index contributed by atoms with van der Waals surface area (Å²) in [6, 6.07) is 10.9. The van der Waals surface area contributed by atoms with Crippen LogP contribution in [0, 0.1) is 6.92 Å². The van der Waals surface area contributed by atoms with E-state index in [9.17, 15) is 4.79 Å². The van der Waals surface area contributed by atoms with Crippen molar-refractivity contribution in [3.05, 3.63) is 52.5 Å². The number of carbonyl (C=O) groups is 1. The molecule has 0 radical (unpaired) electrons. The molecular formula is C16H13ClN2O2S. The third kappa shape index (κ3) is 2.91. The normalized spacial score (nSPS) is 10.7. The first-order valence-electron chi connectivity index (χ1n) is 6.59. The molecule has 0 aliphatic carbocycles. The Balaban J connectivity index is 1.91. The number of aromatic nitrogens is 1. The Morgan fingerprint density at radius 1 is 1.27 bits per heavy atom. The molecule has 0 saturated heterocycles. The molecule has 0 saturated carbocycles. The molecule has 2 aromatic carbocycles. The molecule has 1 N–H and O–H groups in total. The molecule has 0 unspecified atom stereocenters. The predicted octanol–water partition coefficient (Wildman–Crippen LogP) is 4.52. The summed E-state index contributed by atoms with van der Waals surface area (Å²) in [5, 5.41) is 4.00. The Kier molecular flexibility index (Phi) is 4.00. The molecule has 3 aromatic rings. The number of methoxy groups -OCH3 is 1. The number of nitrogens with one attached hydrogen (secondary N) is 1. The van der Waals surface area contributed by atoms with E-state index in [2.05, 4.69) is 10.3 Å². The summed E-state index contributed by atoms with van der Waals surface area (Å²) in [4.78, 5) is 16.8.